The van der Waals surface area contributed by atoms with E-state index in [1.165, 1.54) is 49.2 Å². The molecule has 0 saturated carbocycles. The second kappa shape index (κ2) is 27.1. The molecule has 0 aliphatic heterocycles. The van der Waals surface area contributed by atoms with E-state index in [-0.39, 0.29) is 73.2 Å². The molecule has 14 nitrogen and oxygen atoms in total. The molecule has 2 unspecified atom stereocenters. The molecule has 53 heavy (non-hydrogen) atoms. The number of carbonyl (C=O) groups is 4. The standard InChI is InChI=1S/2C18H26O7S.Ca/c2*1-3-4-5-6-7-10-13-24-17(19)15-11-8-9-12-16(15)18(20)25-14(2)26(21,22)23;/h2*8-9,11-12,14H,3-7,10,13H2,1-2H3,(H,21,22,23);/q;;+2/p-2. The molecule has 0 N–H and O–H groups in total. The van der Waals surface area contributed by atoms with Gasteiger partial charge in [0.05, 0.1) is 35.5 Å². The van der Waals surface area contributed by atoms with Crippen LogP contribution in [0.2, 0.25) is 0 Å². The summed E-state index contributed by atoms with van der Waals surface area (Å²) >= 11 is 0. The van der Waals surface area contributed by atoms with E-state index in [9.17, 15) is 45.1 Å². The van der Waals surface area contributed by atoms with Crippen molar-refractivity contribution in [2.24, 2.45) is 0 Å². The van der Waals surface area contributed by atoms with Gasteiger partial charge in [0.25, 0.3) is 0 Å². The fraction of sp³-hybridized carbons (Fsp3) is 0.556. The van der Waals surface area contributed by atoms with Crippen LogP contribution < -0.4 is 0 Å². The van der Waals surface area contributed by atoms with Crippen molar-refractivity contribution in [2.45, 2.75) is 116 Å². The predicted molar refractivity (Wildman–Crippen MR) is 195 cm³/mol. The molecule has 0 radical (unpaired) electrons. The molecule has 2 aromatic rings. The molecule has 292 valence electrons. The first kappa shape index (κ1) is 50.4. The van der Waals surface area contributed by atoms with Crippen LogP contribution in [0.3, 0.4) is 0 Å². The quantitative estimate of drug-likeness (QED) is 0.0430. The van der Waals surface area contributed by atoms with E-state index < -0.39 is 55.0 Å². The largest absolute Gasteiger partial charge is 2.00 e. The zero-order valence-corrected chi connectivity index (χ0v) is 34.8. The molecular formula is C36H50CaO14S2. The third-order valence-electron chi connectivity index (χ3n) is 7.55. The van der Waals surface area contributed by atoms with Crippen LogP contribution in [-0.2, 0) is 39.2 Å². The SMILES string of the molecule is CCCCCCCCOC(=O)c1ccccc1C(=O)OC(C)S(=O)(=O)[O-].CCCCCCCCOC(=O)c1ccccc1C(=O)OC(C)S(=O)(=O)[O-].[Ca+2]. The molecule has 0 aromatic heterocycles. The van der Waals surface area contributed by atoms with E-state index in [0.29, 0.717) is 0 Å². The van der Waals surface area contributed by atoms with Gasteiger partial charge in [-0.1, -0.05) is 102 Å². The molecular weight excluding hydrogens is 761 g/mol. The summed E-state index contributed by atoms with van der Waals surface area (Å²) in [5.74, 6) is -3.51. The van der Waals surface area contributed by atoms with Gasteiger partial charge >= 0.3 is 61.6 Å². The summed E-state index contributed by atoms with van der Waals surface area (Å²) in [6.07, 6.45) is 12.5. The average Bonchev–Trinajstić information content (AvgIpc) is 3.10. The Hall–Kier alpha value is -2.60. The van der Waals surface area contributed by atoms with E-state index in [0.717, 1.165) is 78.1 Å². The Bertz CT molecular complexity index is 1520. The summed E-state index contributed by atoms with van der Waals surface area (Å²) in [5.41, 5.74) is -4.03. The normalized spacial score (nSPS) is 12.2. The van der Waals surface area contributed by atoms with Crippen molar-refractivity contribution in [2.75, 3.05) is 13.2 Å². The van der Waals surface area contributed by atoms with Crippen LogP contribution in [-0.4, -0.2) is 112 Å². The van der Waals surface area contributed by atoms with Crippen LogP contribution in [0.4, 0.5) is 0 Å². The molecule has 2 rings (SSSR count). The van der Waals surface area contributed by atoms with Gasteiger partial charge in [-0.2, -0.15) is 0 Å². The number of rotatable bonds is 22. The molecule has 2 aromatic carbocycles. The Morgan fingerprint density at radius 2 is 0.774 bits per heavy atom. The maximum atomic E-state index is 12.2. The fourth-order valence-corrected chi connectivity index (χ4v) is 4.89. The van der Waals surface area contributed by atoms with E-state index >= 15 is 0 Å². The zero-order valence-electron chi connectivity index (χ0n) is 30.9. The van der Waals surface area contributed by atoms with Gasteiger partial charge in [-0.25, -0.2) is 36.0 Å². The smallest absolute Gasteiger partial charge is 0.745 e. The first-order valence-electron chi connectivity index (χ1n) is 17.4. The number of unbranched alkanes of at least 4 members (excludes halogenated alkanes) is 10. The number of benzene rings is 2. The van der Waals surface area contributed by atoms with Gasteiger partial charge in [0.15, 0.2) is 10.9 Å². The Morgan fingerprint density at radius 1 is 0.509 bits per heavy atom. The summed E-state index contributed by atoms with van der Waals surface area (Å²) in [7, 11) is -9.55. The minimum atomic E-state index is -4.78. The van der Waals surface area contributed by atoms with E-state index in [1.54, 1.807) is 12.1 Å². The van der Waals surface area contributed by atoms with Gasteiger partial charge in [-0.3, -0.25) is 0 Å². The molecule has 17 heteroatoms. The van der Waals surface area contributed by atoms with Crippen molar-refractivity contribution in [1.82, 2.24) is 0 Å². The number of carbonyl (C=O) groups excluding carboxylic acids is 4. The van der Waals surface area contributed by atoms with Gasteiger partial charge in [0, 0.05) is 0 Å². The second-order valence-electron chi connectivity index (χ2n) is 11.8. The molecule has 0 saturated heterocycles. The summed E-state index contributed by atoms with van der Waals surface area (Å²) in [6, 6.07) is 11.5. The first-order chi connectivity index (χ1) is 24.5. The maximum Gasteiger partial charge on any atom is 2.00 e. The van der Waals surface area contributed by atoms with Crippen LogP contribution in [0.25, 0.3) is 0 Å². The van der Waals surface area contributed by atoms with Crippen molar-refractivity contribution in [3.05, 3.63) is 70.8 Å². The summed E-state index contributed by atoms with van der Waals surface area (Å²) in [6.45, 7) is 6.66. The van der Waals surface area contributed by atoms with E-state index in [4.69, 9.17) is 9.47 Å². The van der Waals surface area contributed by atoms with Crippen molar-refractivity contribution in [3.63, 3.8) is 0 Å². The molecule has 0 aliphatic carbocycles. The van der Waals surface area contributed by atoms with Crippen LogP contribution >= 0.6 is 0 Å². The number of esters is 4. The summed E-state index contributed by atoms with van der Waals surface area (Å²) in [5, 5.41) is 0. The van der Waals surface area contributed by atoms with Crippen LogP contribution in [0, 0.1) is 0 Å². The number of hydrogen-bond acceptors (Lipinski definition) is 14. The summed E-state index contributed by atoms with van der Waals surface area (Å²) in [4.78, 5) is 48.5. The first-order valence-corrected chi connectivity index (χ1v) is 20.3. The molecule has 0 amide bonds. The molecule has 2 atom stereocenters. The van der Waals surface area contributed by atoms with Gasteiger partial charge in [0.1, 0.15) is 20.2 Å². The van der Waals surface area contributed by atoms with Crippen LogP contribution in [0.5, 0.6) is 0 Å². The van der Waals surface area contributed by atoms with Gasteiger partial charge < -0.3 is 28.1 Å². The Kier molecular flexibility index (Phi) is 25.7. The molecule has 0 aliphatic rings. The predicted octanol–water partition coefficient (Wildman–Crippen LogP) is 6.12. The third-order valence-corrected chi connectivity index (χ3v) is 9.37. The minimum absolute atomic E-state index is 0. The molecule has 0 bridgehead atoms. The monoisotopic (exact) mass is 810 g/mol. The van der Waals surface area contributed by atoms with Crippen LogP contribution in [0.15, 0.2) is 48.5 Å². The third kappa shape index (κ3) is 20.6. The molecule has 0 heterocycles. The summed E-state index contributed by atoms with van der Waals surface area (Å²) < 4.78 is 84.8. The Labute approximate surface area is 343 Å². The fourth-order valence-electron chi connectivity index (χ4n) is 4.47. The van der Waals surface area contributed by atoms with E-state index in [1.807, 2.05) is 0 Å². The van der Waals surface area contributed by atoms with Gasteiger partial charge in [-0.05, 0) is 51.0 Å². The van der Waals surface area contributed by atoms with Crippen molar-refractivity contribution in [3.8, 4) is 0 Å². The Balaban J connectivity index is 0.00000100. The molecule has 0 fully saturated rings. The number of ether oxygens (including phenoxy) is 4. The number of hydrogen-bond donors (Lipinski definition) is 0. The maximum absolute atomic E-state index is 12.2. The van der Waals surface area contributed by atoms with Gasteiger partial charge in [-0.15, -0.1) is 0 Å². The van der Waals surface area contributed by atoms with Crippen molar-refractivity contribution < 1.29 is 64.1 Å². The topological polar surface area (TPSA) is 220 Å². The minimum Gasteiger partial charge on any atom is -0.745 e. The van der Waals surface area contributed by atoms with Gasteiger partial charge in [0.2, 0.25) is 0 Å². The Morgan fingerprint density at radius 3 is 1.06 bits per heavy atom. The van der Waals surface area contributed by atoms with E-state index in [2.05, 4.69) is 23.3 Å². The average molecular weight is 811 g/mol. The van der Waals surface area contributed by atoms with Crippen molar-refractivity contribution in [1.29, 1.82) is 0 Å². The second-order valence-corrected chi connectivity index (χ2v) is 15.1. The van der Waals surface area contributed by atoms with Crippen LogP contribution in [0.1, 0.15) is 146 Å². The van der Waals surface area contributed by atoms with Crippen molar-refractivity contribution >= 4 is 81.9 Å². The molecule has 0 spiro atoms. The zero-order chi connectivity index (χ0) is 39.2.